The summed E-state index contributed by atoms with van der Waals surface area (Å²) < 4.78 is 1.62. The van der Waals surface area contributed by atoms with Crippen LogP contribution >= 0.6 is 0 Å². The van der Waals surface area contributed by atoms with E-state index in [4.69, 9.17) is 0 Å². The third kappa shape index (κ3) is 2.17. The van der Waals surface area contributed by atoms with Gasteiger partial charge in [0.25, 0.3) is 0 Å². The summed E-state index contributed by atoms with van der Waals surface area (Å²) in [6, 6.07) is -0.495. The van der Waals surface area contributed by atoms with E-state index in [2.05, 4.69) is 15.4 Å². The molecule has 7 nitrogen and oxygen atoms in total. The molecule has 1 N–H and O–H groups in total. The number of carbonyl (C=O) groups is 2. The van der Waals surface area contributed by atoms with Crippen molar-refractivity contribution in [2.45, 2.75) is 51.7 Å². The largest absolute Gasteiger partial charge is 0.340 e. The first kappa shape index (κ1) is 14.5. The van der Waals surface area contributed by atoms with E-state index in [1.807, 2.05) is 13.8 Å². The average molecular weight is 279 g/mol. The molecule has 1 aliphatic heterocycles. The zero-order chi connectivity index (χ0) is 14.9. The minimum atomic E-state index is -0.789. The molecule has 0 aliphatic carbocycles. The molecule has 0 spiro atoms. The Morgan fingerprint density at radius 3 is 2.50 bits per heavy atom. The summed E-state index contributed by atoms with van der Waals surface area (Å²) in [4.78, 5) is 30.6. The fourth-order valence-corrected chi connectivity index (χ4v) is 2.54. The first-order valence-electron chi connectivity index (χ1n) is 6.91. The van der Waals surface area contributed by atoms with Crippen molar-refractivity contribution in [1.29, 1.82) is 0 Å². The van der Waals surface area contributed by atoms with Crippen LogP contribution in [0.2, 0.25) is 0 Å². The first-order chi connectivity index (χ1) is 9.45. The molecule has 1 fully saturated rings. The number of hydrogen-bond donors (Lipinski definition) is 1. The summed E-state index contributed by atoms with van der Waals surface area (Å²) in [6.45, 7) is 5.86. The van der Waals surface area contributed by atoms with Crippen molar-refractivity contribution in [3.05, 3.63) is 12.2 Å². The Morgan fingerprint density at radius 1 is 1.35 bits per heavy atom. The average Bonchev–Trinajstić information content (AvgIpc) is 2.84. The minimum Gasteiger partial charge on any atom is -0.340 e. The molecule has 2 amide bonds. The van der Waals surface area contributed by atoms with E-state index >= 15 is 0 Å². The molecule has 110 valence electrons. The lowest BCUT2D eigenvalue weighted by molar-refractivity contribution is -0.155. The molecule has 0 radical (unpaired) electrons. The highest BCUT2D eigenvalue weighted by atomic mass is 16.2. The Hall–Kier alpha value is -1.92. The van der Waals surface area contributed by atoms with Crippen LogP contribution < -0.4 is 5.32 Å². The van der Waals surface area contributed by atoms with Crippen molar-refractivity contribution in [3.63, 3.8) is 0 Å². The molecule has 1 unspecified atom stereocenters. The fourth-order valence-electron chi connectivity index (χ4n) is 2.54. The van der Waals surface area contributed by atoms with Crippen molar-refractivity contribution >= 4 is 11.8 Å². The number of aryl methyl sites for hydroxylation is 1. The Balaban J connectivity index is 2.31. The molecule has 7 heteroatoms. The normalized spacial score (nSPS) is 22.0. The van der Waals surface area contributed by atoms with Crippen molar-refractivity contribution in [1.82, 2.24) is 25.0 Å². The molecule has 1 aromatic rings. The van der Waals surface area contributed by atoms with Gasteiger partial charge in [0.05, 0.1) is 6.54 Å². The topological polar surface area (TPSA) is 80.1 Å². The maximum absolute atomic E-state index is 12.8. The van der Waals surface area contributed by atoms with Gasteiger partial charge >= 0.3 is 0 Å². The van der Waals surface area contributed by atoms with Crippen molar-refractivity contribution < 1.29 is 9.59 Å². The van der Waals surface area contributed by atoms with Crippen LogP contribution in [0.5, 0.6) is 0 Å². The van der Waals surface area contributed by atoms with Gasteiger partial charge in [-0.2, -0.15) is 5.10 Å². The number of nitrogens with zero attached hydrogens (tertiary/aromatic N) is 4. The van der Waals surface area contributed by atoms with Crippen LogP contribution in [0.15, 0.2) is 6.33 Å². The molecule has 1 saturated heterocycles. The molecule has 0 saturated carbocycles. The maximum Gasteiger partial charge on any atom is 0.249 e. The maximum atomic E-state index is 12.8. The van der Waals surface area contributed by atoms with Crippen molar-refractivity contribution in [3.8, 4) is 0 Å². The Bertz CT molecular complexity index is 521. The molecule has 2 heterocycles. The molecular weight excluding hydrogens is 258 g/mol. The Kier molecular flexibility index (Phi) is 3.78. The molecule has 1 atom stereocenters. The monoisotopic (exact) mass is 279 g/mol. The molecule has 0 aromatic carbocycles. The van der Waals surface area contributed by atoms with Gasteiger partial charge in [-0.3, -0.25) is 14.3 Å². The smallest absolute Gasteiger partial charge is 0.249 e. The number of amides is 2. The molecule has 2 rings (SSSR count). The highest BCUT2D eigenvalue weighted by Crippen LogP contribution is 2.25. The van der Waals surface area contributed by atoms with Crippen molar-refractivity contribution in [2.75, 3.05) is 0 Å². The molecule has 1 aromatic heterocycles. The second-order valence-electron chi connectivity index (χ2n) is 5.19. The Labute approximate surface area is 118 Å². The van der Waals surface area contributed by atoms with Gasteiger partial charge in [0.2, 0.25) is 11.8 Å². The lowest BCUT2D eigenvalue weighted by Crippen LogP contribution is -2.69. The standard InChI is InChI=1S/C13H21N5O2/c1-5-13(6-2)12(20)18(9(3)11(19)16-13)7-10-14-8-15-17(10)4/h8-9H,5-7H2,1-4H3,(H,16,19). The van der Waals surface area contributed by atoms with E-state index in [0.29, 0.717) is 25.2 Å². The molecule has 0 bridgehead atoms. The van der Waals surface area contributed by atoms with Gasteiger partial charge in [-0.05, 0) is 19.8 Å². The van der Waals surface area contributed by atoms with Gasteiger partial charge in [-0.1, -0.05) is 13.8 Å². The third-order valence-electron chi connectivity index (χ3n) is 4.20. The van der Waals surface area contributed by atoms with Gasteiger partial charge in [0, 0.05) is 7.05 Å². The summed E-state index contributed by atoms with van der Waals surface area (Å²) in [7, 11) is 1.77. The predicted molar refractivity (Wildman–Crippen MR) is 72.5 cm³/mol. The molecular formula is C13H21N5O2. The number of carbonyl (C=O) groups excluding carboxylic acids is 2. The summed E-state index contributed by atoms with van der Waals surface area (Å²) in [5, 5.41) is 6.87. The van der Waals surface area contributed by atoms with E-state index in [9.17, 15) is 9.59 Å². The summed E-state index contributed by atoms with van der Waals surface area (Å²) in [6.07, 6.45) is 2.60. The number of piperazine rings is 1. The van der Waals surface area contributed by atoms with E-state index in [1.165, 1.54) is 6.33 Å². The third-order valence-corrected chi connectivity index (χ3v) is 4.20. The number of rotatable bonds is 4. The minimum absolute atomic E-state index is 0.0439. The van der Waals surface area contributed by atoms with Crippen LogP contribution in [0.4, 0.5) is 0 Å². The highest BCUT2D eigenvalue weighted by molar-refractivity contribution is 5.99. The van der Waals surface area contributed by atoms with Gasteiger partial charge in [0.1, 0.15) is 23.7 Å². The first-order valence-corrected chi connectivity index (χ1v) is 6.91. The fraction of sp³-hybridized carbons (Fsp3) is 0.692. The Morgan fingerprint density at radius 2 is 2.00 bits per heavy atom. The second-order valence-corrected chi connectivity index (χ2v) is 5.19. The number of nitrogens with one attached hydrogen (secondary N) is 1. The zero-order valence-electron chi connectivity index (χ0n) is 12.4. The second kappa shape index (κ2) is 5.22. The number of aromatic nitrogens is 3. The summed E-state index contributed by atoms with van der Waals surface area (Å²) in [5.74, 6) is 0.508. The zero-order valence-corrected chi connectivity index (χ0v) is 12.4. The van der Waals surface area contributed by atoms with Gasteiger partial charge in [0.15, 0.2) is 0 Å². The van der Waals surface area contributed by atoms with E-state index in [-0.39, 0.29) is 11.8 Å². The summed E-state index contributed by atoms with van der Waals surface area (Å²) >= 11 is 0. The molecule has 1 aliphatic rings. The SMILES string of the molecule is CCC1(CC)NC(=O)C(C)N(Cc2ncnn2C)C1=O. The lowest BCUT2D eigenvalue weighted by Gasteiger charge is -2.44. The van der Waals surface area contributed by atoms with Crippen LogP contribution in [0.3, 0.4) is 0 Å². The van der Waals surface area contributed by atoms with E-state index in [1.54, 1.807) is 23.6 Å². The molecule has 20 heavy (non-hydrogen) atoms. The number of hydrogen-bond acceptors (Lipinski definition) is 4. The van der Waals surface area contributed by atoms with Crippen LogP contribution in [0, 0.1) is 0 Å². The van der Waals surface area contributed by atoms with Gasteiger partial charge < -0.3 is 10.2 Å². The van der Waals surface area contributed by atoms with E-state index < -0.39 is 11.6 Å². The van der Waals surface area contributed by atoms with Crippen molar-refractivity contribution in [2.24, 2.45) is 7.05 Å². The van der Waals surface area contributed by atoms with Gasteiger partial charge in [-0.15, -0.1) is 0 Å². The van der Waals surface area contributed by atoms with Crippen LogP contribution in [-0.2, 0) is 23.2 Å². The summed E-state index contributed by atoms with van der Waals surface area (Å²) in [5.41, 5.74) is -0.789. The van der Waals surface area contributed by atoms with Crippen LogP contribution in [0.1, 0.15) is 39.4 Å². The quantitative estimate of drug-likeness (QED) is 0.855. The van der Waals surface area contributed by atoms with Gasteiger partial charge in [-0.25, -0.2) is 4.98 Å². The lowest BCUT2D eigenvalue weighted by atomic mass is 9.87. The van der Waals surface area contributed by atoms with E-state index in [0.717, 1.165) is 0 Å². The van der Waals surface area contributed by atoms with Crippen LogP contribution in [0.25, 0.3) is 0 Å². The highest BCUT2D eigenvalue weighted by Gasteiger charge is 2.47. The predicted octanol–water partition coefficient (Wildman–Crippen LogP) is 0.221. The van der Waals surface area contributed by atoms with Crippen LogP contribution in [-0.4, -0.2) is 43.1 Å².